The Hall–Kier alpha value is -4.04. The largest absolute Gasteiger partial charge is 0.489 e. The quantitative estimate of drug-likeness (QED) is 0.372. The van der Waals surface area contributed by atoms with Crippen molar-refractivity contribution in [3.63, 3.8) is 0 Å². The second-order valence-electron chi connectivity index (χ2n) is 8.20. The third kappa shape index (κ3) is 6.51. The Bertz CT molecular complexity index is 1360. The number of nitrogens with one attached hydrogen (secondary N) is 1. The summed E-state index contributed by atoms with van der Waals surface area (Å²) in [4.78, 5) is 24.5. The minimum atomic E-state index is -0.320. The van der Waals surface area contributed by atoms with E-state index in [1.54, 1.807) is 52.0 Å². The predicted octanol–water partition coefficient (Wildman–Crippen LogP) is 3.57. The number of nitrogens with zero attached hydrogens (tertiary/aromatic N) is 3. The maximum Gasteiger partial charge on any atom is 0.256 e. The molecule has 0 radical (unpaired) electrons. The summed E-state index contributed by atoms with van der Waals surface area (Å²) >= 11 is 5.97. The fraction of sp³-hybridized carbons (Fsp3) is 0.192. The molecule has 0 aliphatic rings. The van der Waals surface area contributed by atoms with Crippen LogP contribution in [0.3, 0.4) is 0 Å². The SMILES string of the molecule is C[C@@H](CNC(=O)c1cn(Cc2ccc(Cn3ccccc3=O)cc2)nc1N)Oc1cccc(Cl)c1. The van der Waals surface area contributed by atoms with Crippen LogP contribution in [0.4, 0.5) is 5.82 Å². The Balaban J connectivity index is 1.32. The predicted molar refractivity (Wildman–Crippen MR) is 136 cm³/mol. The van der Waals surface area contributed by atoms with Crippen LogP contribution in [0.15, 0.2) is 83.9 Å². The van der Waals surface area contributed by atoms with E-state index >= 15 is 0 Å². The van der Waals surface area contributed by atoms with Crippen LogP contribution in [0, 0.1) is 0 Å². The number of pyridine rings is 1. The monoisotopic (exact) mass is 491 g/mol. The van der Waals surface area contributed by atoms with E-state index in [2.05, 4.69) is 10.4 Å². The van der Waals surface area contributed by atoms with Crippen LogP contribution in [0.25, 0.3) is 0 Å². The zero-order valence-corrected chi connectivity index (χ0v) is 20.0. The summed E-state index contributed by atoms with van der Waals surface area (Å²) in [5.74, 6) is 0.471. The smallest absolute Gasteiger partial charge is 0.256 e. The van der Waals surface area contributed by atoms with Crippen LogP contribution < -0.4 is 21.3 Å². The third-order valence-electron chi connectivity index (χ3n) is 5.34. The summed E-state index contributed by atoms with van der Waals surface area (Å²) in [6.45, 7) is 3.10. The highest BCUT2D eigenvalue weighted by Crippen LogP contribution is 2.18. The van der Waals surface area contributed by atoms with Crippen molar-refractivity contribution >= 4 is 23.3 Å². The van der Waals surface area contributed by atoms with Gasteiger partial charge in [0.15, 0.2) is 5.82 Å². The van der Waals surface area contributed by atoms with E-state index in [1.807, 2.05) is 37.3 Å². The Morgan fingerprint density at radius 3 is 2.54 bits per heavy atom. The Labute approximate surface area is 207 Å². The maximum atomic E-state index is 12.6. The van der Waals surface area contributed by atoms with Crippen molar-refractivity contribution in [1.29, 1.82) is 0 Å². The molecule has 0 saturated carbocycles. The van der Waals surface area contributed by atoms with Crippen molar-refractivity contribution in [2.75, 3.05) is 12.3 Å². The van der Waals surface area contributed by atoms with E-state index in [9.17, 15) is 9.59 Å². The second-order valence-corrected chi connectivity index (χ2v) is 8.64. The first-order valence-electron chi connectivity index (χ1n) is 11.1. The van der Waals surface area contributed by atoms with Gasteiger partial charge in [-0.3, -0.25) is 14.3 Å². The highest BCUT2D eigenvalue weighted by atomic mass is 35.5. The lowest BCUT2D eigenvalue weighted by Crippen LogP contribution is -2.33. The van der Waals surface area contributed by atoms with Crippen molar-refractivity contribution < 1.29 is 9.53 Å². The zero-order valence-electron chi connectivity index (χ0n) is 19.2. The summed E-state index contributed by atoms with van der Waals surface area (Å²) in [6, 6.07) is 20.1. The molecular formula is C26H26ClN5O3. The summed E-state index contributed by atoms with van der Waals surface area (Å²) in [5, 5.41) is 7.69. The number of carbonyl (C=O) groups is 1. The average Bonchev–Trinajstić information content (AvgIpc) is 3.20. The standard InChI is InChI=1S/C26H26ClN5O3/c1-18(35-22-6-4-5-21(27)13-22)14-29-26(34)23-17-32(30-25(23)28)16-20-10-8-19(9-11-20)15-31-12-3-2-7-24(31)33/h2-13,17-18H,14-16H2,1H3,(H2,28,30)(H,29,34)/t18-/m0/s1. The third-order valence-corrected chi connectivity index (χ3v) is 5.57. The van der Waals surface area contributed by atoms with Crippen molar-refractivity contribution in [3.05, 3.63) is 111 Å². The Morgan fingerprint density at radius 1 is 1.09 bits per heavy atom. The number of hydrogen-bond acceptors (Lipinski definition) is 5. The number of anilines is 1. The molecule has 4 aromatic rings. The van der Waals surface area contributed by atoms with Gasteiger partial charge in [0.25, 0.3) is 11.5 Å². The molecule has 0 fully saturated rings. The molecule has 9 heteroatoms. The number of rotatable bonds is 9. The van der Waals surface area contributed by atoms with Gasteiger partial charge in [0, 0.05) is 23.5 Å². The van der Waals surface area contributed by atoms with Gasteiger partial charge in [0.2, 0.25) is 0 Å². The van der Waals surface area contributed by atoms with Crippen LogP contribution >= 0.6 is 11.6 Å². The van der Waals surface area contributed by atoms with Gasteiger partial charge in [0.1, 0.15) is 17.4 Å². The highest BCUT2D eigenvalue weighted by Gasteiger charge is 2.16. The van der Waals surface area contributed by atoms with E-state index in [0.717, 1.165) is 11.1 Å². The number of halogens is 1. The molecule has 4 rings (SSSR count). The lowest BCUT2D eigenvalue weighted by Gasteiger charge is -2.15. The molecule has 1 atom stereocenters. The van der Waals surface area contributed by atoms with E-state index in [1.165, 1.54) is 6.07 Å². The van der Waals surface area contributed by atoms with E-state index in [0.29, 0.717) is 36.0 Å². The molecule has 8 nitrogen and oxygen atoms in total. The molecule has 0 aliphatic heterocycles. The summed E-state index contributed by atoms with van der Waals surface area (Å²) in [6.07, 6.45) is 3.13. The second kappa shape index (κ2) is 10.9. The summed E-state index contributed by atoms with van der Waals surface area (Å²) in [5.41, 5.74) is 8.26. The topological polar surface area (TPSA) is 104 Å². The first kappa shape index (κ1) is 24.1. The molecule has 0 unspecified atom stereocenters. The molecule has 2 heterocycles. The minimum Gasteiger partial charge on any atom is -0.489 e. The zero-order chi connectivity index (χ0) is 24.8. The molecule has 0 saturated heterocycles. The van der Waals surface area contributed by atoms with Crippen LogP contribution in [-0.2, 0) is 13.1 Å². The first-order valence-corrected chi connectivity index (χ1v) is 11.5. The molecule has 0 spiro atoms. The normalized spacial score (nSPS) is 11.7. The number of aromatic nitrogens is 3. The molecule has 1 amide bonds. The average molecular weight is 492 g/mol. The van der Waals surface area contributed by atoms with Gasteiger partial charge in [0.05, 0.1) is 19.6 Å². The van der Waals surface area contributed by atoms with Crippen molar-refractivity contribution in [2.24, 2.45) is 0 Å². The van der Waals surface area contributed by atoms with Crippen molar-refractivity contribution in [1.82, 2.24) is 19.7 Å². The molecule has 2 aromatic carbocycles. The van der Waals surface area contributed by atoms with Gasteiger partial charge in [-0.15, -0.1) is 0 Å². The van der Waals surface area contributed by atoms with Gasteiger partial charge < -0.3 is 20.4 Å². The summed E-state index contributed by atoms with van der Waals surface area (Å²) < 4.78 is 9.06. The van der Waals surface area contributed by atoms with Crippen LogP contribution in [0.5, 0.6) is 5.75 Å². The number of benzene rings is 2. The van der Waals surface area contributed by atoms with Gasteiger partial charge >= 0.3 is 0 Å². The summed E-state index contributed by atoms with van der Waals surface area (Å²) in [7, 11) is 0. The number of ether oxygens (including phenoxy) is 1. The molecule has 2 aromatic heterocycles. The lowest BCUT2D eigenvalue weighted by atomic mass is 10.1. The van der Waals surface area contributed by atoms with Crippen LogP contribution in [-0.4, -0.2) is 32.9 Å². The number of nitrogens with two attached hydrogens (primary N) is 1. The number of nitrogen functional groups attached to an aromatic ring is 1. The Kier molecular flexibility index (Phi) is 7.52. The van der Waals surface area contributed by atoms with E-state index < -0.39 is 0 Å². The number of carbonyl (C=O) groups excluding carboxylic acids is 1. The fourth-order valence-electron chi connectivity index (χ4n) is 3.56. The van der Waals surface area contributed by atoms with E-state index in [-0.39, 0.29) is 23.4 Å². The number of amides is 1. The van der Waals surface area contributed by atoms with Crippen LogP contribution in [0.1, 0.15) is 28.4 Å². The number of hydrogen-bond donors (Lipinski definition) is 2. The lowest BCUT2D eigenvalue weighted by molar-refractivity contribution is 0.0933. The molecule has 0 bridgehead atoms. The highest BCUT2D eigenvalue weighted by molar-refractivity contribution is 6.30. The Morgan fingerprint density at radius 2 is 1.83 bits per heavy atom. The van der Waals surface area contributed by atoms with Gasteiger partial charge in [-0.25, -0.2) is 0 Å². The molecule has 180 valence electrons. The van der Waals surface area contributed by atoms with E-state index in [4.69, 9.17) is 22.1 Å². The first-order chi connectivity index (χ1) is 16.9. The maximum absolute atomic E-state index is 12.6. The van der Waals surface area contributed by atoms with Gasteiger partial charge in [-0.2, -0.15) is 5.10 Å². The van der Waals surface area contributed by atoms with Gasteiger partial charge in [-0.05, 0) is 42.3 Å². The molecule has 0 aliphatic carbocycles. The molecule has 3 N–H and O–H groups in total. The fourth-order valence-corrected chi connectivity index (χ4v) is 3.74. The minimum absolute atomic E-state index is 0.0418. The van der Waals surface area contributed by atoms with Crippen molar-refractivity contribution in [2.45, 2.75) is 26.1 Å². The van der Waals surface area contributed by atoms with Crippen molar-refractivity contribution in [3.8, 4) is 5.75 Å². The van der Waals surface area contributed by atoms with Crippen LogP contribution in [0.2, 0.25) is 5.02 Å². The van der Waals surface area contributed by atoms with Gasteiger partial charge in [-0.1, -0.05) is 48.0 Å². The molecule has 35 heavy (non-hydrogen) atoms. The molecular weight excluding hydrogens is 466 g/mol.